The fraction of sp³-hybridized carbons (Fsp3) is 0.400. The third-order valence-electron chi connectivity index (χ3n) is 3.84. The zero-order chi connectivity index (χ0) is 16.2. The summed E-state index contributed by atoms with van der Waals surface area (Å²) >= 11 is 5.96. The second-order valence-electron chi connectivity index (χ2n) is 5.36. The summed E-state index contributed by atoms with van der Waals surface area (Å²) in [6.45, 7) is 1.90. The van der Waals surface area contributed by atoms with E-state index in [0.717, 1.165) is 25.9 Å². The van der Waals surface area contributed by atoms with Gasteiger partial charge < -0.3 is 15.4 Å². The van der Waals surface area contributed by atoms with Gasteiger partial charge in [-0.3, -0.25) is 4.79 Å². The van der Waals surface area contributed by atoms with Crippen LogP contribution >= 0.6 is 11.6 Å². The Balaban J connectivity index is 1.73. The molecule has 2 heterocycles. The monoisotopic (exact) mass is 335 g/mol. The Morgan fingerprint density at radius 1 is 1.43 bits per heavy atom. The SMILES string of the molecule is COc1ccc(Cl)cc1NC(=O)c1cn(C2CCNCC2)nn1. The first kappa shape index (κ1) is 15.8. The molecule has 1 amide bonds. The lowest BCUT2D eigenvalue weighted by Gasteiger charge is -2.22. The van der Waals surface area contributed by atoms with Gasteiger partial charge in [0.15, 0.2) is 5.69 Å². The molecule has 2 aromatic rings. The van der Waals surface area contributed by atoms with Crippen LogP contribution in [-0.4, -0.2) is 41.1 Å². The van der Waals surface area contributed by atoms with Crippen LogP contribution in [0.3, 0.4) is 0 Å². The molecule has 0 unspecified atom stereocenters. The fourth-order valence-electron chi connectivity index (χ4n) is 2.59. The van der Waals surface area contributed by atoms with Crippen molar-refractivity contribution in [2.75, 3.05) is 25.5 Å². The number of methoxy groups -OCH3 is 1. The van der Waals surface area contributed by atoms with E-state index in [-0.39, 0.29) is 17.6 Å². The molecule has 2 N–H and O–H groups in total. The Labute approximate surface area is 139 Å². The van der Waals surface area contributed by atoms with Gasteiger partial charge in [0.25, 0.3) is 5.91 Å². The maximum Gasteiger partial charge on any atom is 0.277 e. The molecule has 8 heteroatoms. The van der Waals surface area contributed by atoms with Gasteiger partial charge in [0.2, 0.25) is 0 Å². The summed E-state index contributed by atoms with van der Waals surface area (Å²) in [5.74, 6) is 0.194. The van der Waals surface area contributed by atoms with Crippen LogP contribution in [0.2, 0.25) is 5.02 Å². The van der Waals surface area contributed by atoms with Gasteiger partial charge in [-0.1, -0.05) is 16.8 Å². The molecule has 0 saturated carbocycles. The second kappa shape index (κ2) is 6.97. The van der Waals surface area contributed by atoms with Gasteiger partial charge in [-0.25, -0.2) is 4.68 Å². The molecular formula is C15H18ClN5O2. The number of hydrogen-bond acceptors (Lipinski definition) is 5. The van der Waals surface area contributed by atoms with Gasteiger partial charge in [0.1, 0.15) is 5.75 Å². The number of benzene rings is 1. The summed E-state index contributed by atoms with van der Waals surface area (Å²) in [7, 11) is 1.53. The largest absolute Gasteiger partial charge is 0.495 e. The van der Waals surface area contributed by atoms with Crippen molar-refractivity contribution in [3.8, 4) is 5.75 Å². The van der Waals surface area contributed by atoms with Crippen molar-refractivity contribution in [2.24, 2.45) is 0 Å². The summed E-state index contributed by atoms with van der Waals surface area (Å²) in [4.78, 5) is 12.4. The summed E-state index contributed by atoms with van der Waals surface area (Å²) in [5.41, 5.74) is 0.770. The number of piperidine rings is 1. The average Bonchev–Trinajstić information content (AvgIpc) is 3.06. The molecule has 1 saturated heterocycles. The van der Waals surface area contributed by atoms with E-state index in [0.29, 0.717) is 16.5 Å². The maximum atomic E-state index is 12.4. The fourth-order valence-corrected chi connectivity index (χ4v) is 2.77. The predicted octanol–water partition coefficient (Wildman–Crippen LogP) is 2.12. The van der Waals surface area contributed by atoms with E-state index in [2.05, 4.69) is 20.9 Å². The van der Waals surface area contributed by atoms with Crippen molar-refractivity contribution < 1.29 is 9.53 Å². The molecule has 23 heavy (non-hydrogen) atoms. The van der Waals surface area contributed by atoms with Gasteiger partial charge in [-0.15, -0.1) is 5.10 Å². The number of anilines is 1. The third-order valence-corrected chi connectivity index (χ3v) is 4.07. The predicted molar refractivity (Wildman–Crippen MR) is 87.1 cm³/mol. The van der Waals surface area contributed by atoms with Crippen LogP contribution in [0.5, 0.6) is 5.75 Å². The van der Waals surface area contributed by atoms with Crippen molar-refractivity contribution in [3.63, 3.8) is 0 Å². The first-order chi connectivity index (χ1) is 11.2. The van der Waals surface area contributed by atoms with E-state index < -0.39 is 0 Å². The Bertz CT molecular complexity index is 697. The number of halogens is 1. The number of rotatable bonds is 4. The minimum Gasteiger partial charge on any atom is -0.495 e. The summed E-state index contributed by atoms with van der Waals surface area (Å²) in [5, 5.41) is 14.6. The lowest BCUT2D eigenvalue weighted by Crippen LogP contribution is -2.29. The van der Waals surface area contributed by atoms with E-state index in [1.165, 1.54) is 7.11 Å². The molecule has 3 rings (SSSR count). The molecule has 1 fully saturated rings. The van der Waals surface area contributed by atoms with Crippen LogP contribution < -0.4 is 15.4 Å². The Kier molecular flexibility index (Phi) is 4.78. The highest BCUT2D eigenvalue weighted by atomic mass is 35.5. The minimum atomic E-state index is -0.342. The number of carbonyl (C=O) groups is 1. The average molecular weight is 336 g/mol. The molecule has 1 aromatic heterocycles. The smallest absolute Gasteiger partial charge is 0.277 e. The standard InChI is InChI=1S/C15H18ClN5O2/c1-23-14-3-2-10(16)8-12(14)18-15(22)13-9-21(20-19-13)11-4-6-17-7-5-11/h2-3,8-9,11,17H,4-7H2,1H3,(H,18,22). The summed E-state index contributed by atoms with van der Waals surface area (Å²) < 4.78 is 6.98. The highest BCUT2D eigenvalue weighted by Crippen LogP contribution is 2.28. The van der Waals surface area contributed by atoms with E-state index in [9.17, 15) is 4.79 Å². The quantitative estimate of drug-likeness (QED) is 0.894. The van der Waals surface area contributed by atoms with Crippen molar-refractivity contribution >= 4 is 23.2 Å². The minimum absolute atomic E-state index is 0.269. The number of hydrogen-bond donors (Lipinski definition) is 2. The normalized spacial score (nSPS) is 15.4. The second-order valence-corrected chi connectivity index (χ2v) is 5.80. The topological polar surface area (TPSA) is 81.1 Å². The molecule has 0 aliphatic carbocycles. The molecule has 1 aliphatic heterocycles. The van der Waals surface area contributed by atoms with E-state index in [4.69, 9.17) is 16.3 Å². The molecule has 0 radical (unpaired) electrons. The van der Waals surface area contributed by atoms with E-state index in [1.54, 1.807) is 29.1 Å². The number of ether oxygens (including phenoxy) is 1. The van der Waals surface area contributed by atoms with Crippen LogP contribution in [-0.2, 0) is 0 Å². The Morgan fingerprint density at radius 3 is 2.96 bits per heavy atom. The van der Waals surface area contributed by atoms with Crippen molar-refractivity contribution in [1.82, 2.24) is 20.3 Å². The number of aromatic nitrogens is 3. The number of nitrogens with zero attached hydrogens (tertiary/aromatic N) is 3. The van der Waals surface area contributed by atoms with Gasteiger partial charge in [0, 0.05) is 5.02 Å². The maximum absolute atomic E-state index is 12.4. The van der Waals surface area contributed by atoms with E-state index in [1.807, 2.05) is 0 Å². The zero-order valence-corrected chi connectivity index (χ0v) is 13.5. The lowest BCUT2D eigenvalue weighted by molar-refractivity contribution is 0.102. The van der Waals surface area contributed by atoms with Crippen LogP contribution in [0.25, 0.3) is 0 Å². The lowest BCUT2D eigenvalue weighted by atomic mass is 10.1. The Morgan fingerprint density at radius 2 is 2.22 bits per heavy atom. The van der Waals surface area contributed by atoms with Gasteiger partial charge in [0.05, 0.1) is 25.0 Å². The van der Waals surface area contributed by atoms with E-state index >= 15 is 0 Å². The van der Waals surface area contributed by atoms with Gasteiger partial charge in [-0.05, 0) is 44.1 Å². The molecule has 1 aromatic carbocycles. The molecule has 0 atom stereocenters. The Hall–Kier alpha value is -2.12. The van der Waals surface area contributed by atoms with Crippen molar-refractivity contribution in [2.45, 2.75) is 18.9 Å². The van der Waals surface area contributed by atoms with Crippen LogP contribution in [0, 0.1) is 0 Å². The molecule has 0 spiro atoms. The van der Waals surface area contributed by atoms with Gasteiger partial charge in [-0.2, -0.15) is 0 Å². The van der Waals surface area contributed by atoms with Crippen LogP contribution in [0.15, 0.2) is 24.4 Å². The number of nitrogens with one attached hydrogen (secondary N) is 2. The van der Waals surface area contributed by atoms with Gasteiger partial charge >= 0.3 is 0 Å². The molecule has 0 bridgehead atoms. The molecular weight excluding hydrogens is 318 g/mol. The summed E-state index contributed by atoms with van der Waals surface area (Å²) in [6.07, 6.45) is 3.64. The molecule has 1 aliphatic rings. The highest BCUT2D eigenvalue weighted by Gasteiger charge is 2.19. The van der Waals surface area contributed by atoms with Crippen molar-refractivity contribution in [1.29, 1.82) is 0 Å². The number of carbonyl (C=O) groups excluding carboxylic acids is 1. The third kappa shape index (κ3) is 3.62. The molecule has 7 nitrogen and oxygen atoms in total. The summed E-state index contributed by atoms with van der Waals surface area (Å²) in [6, 6.07) is 5.31. The van der Waals surface area contributed by atoms with Crippen LogP contribution in [0.1, 0.15) is 29.4 Å². The van der Waals surface area contributed by atoms with Crippen LogP contribution in [0.4, 0.5) is 5.69 Å². The zero-order valence-electron chi connectivity index (χ0n) is 12.8. The first-order valence-electron chi connectivity index (χ1n) is 7.45. The molecule has 122 valence electrons. The van der Waals surface area contributed by atoms with Crippen molar-refractivity contribution in [3.05, 3.63) is 35.1 Å². The first-order valence-corrected chi connectivity index (χ1v) is 7.82. The number of amides is 1. The highest BCUT2D eigenvalue weighted by molar-refractivity contribution is 6.31.